The minimum absolute atomic E-state index is 0.00560. The molecule has 120 valence electrons. The van der Waals surface area contributed by atoms with Crippen molar-refractivity contribution < 1.29 is 14.3 Å². The Bertz CT molecular complexity index is 832. The van der Waals surface area contributed by atoms with Crippen LogP contribution >= 0.6 is 0 Å². The molecule has 0 bridgehead atoms. The molecule has 0 spiro atoms. The summed E-state index contributed by atoms with van der Waals surface area (Å²) < 4.78 is 5.38. The van der Waals surface area contributed by atoms with Crippen molar-refractivity contribution >= 4 is 23.3 Å². The summed E-state index contributed by atoms with van der Waals surface area (Å²) in [6.07, 6.45) is -0.994. The van der Waals surface area contributed by atoms with E-state index >= 15 is 0 Å². The maximum absolute atomic E-state index is 12.5. The Morgan fingerprint density at radius 2 is 1.83 bits per heavy atom. The van der Waals surface area contributed by atoms with Gasteiger partial charge in [-0.2, -0.15) is 0 Å². The summed E-state index contributed by atoms with van der Waals surface area (Å²) in [5, 5.41) is 0. The van der Waals surface area contributed by atoms with Gasteiger partial charge in [0.05, 0.1) is 5.69 Å². The van der Waals surface area contributed by atoms with Gasteiger partial charge >= 0.3 is 6.09 Å². The molecule has 0 aromatic heterocycles. The zero-order chi connectivity index (χ0) is 16.7. The molecule has 2 aromatic rings. The first-order valence-electron chi connectivity index (χ1n) is 7.74. The van der Waals surface area contributed by atoms with Gasteiger partial charge in [0.25, 0.3) is 0 Å². The predicted molar refractivity (Wildman–Crippen MR) is 90.1 cm³/mol. The van der Waals surface area contributed by atoms with E-state index in [0.717, 1.165) is 22.4 Å². The van der Waals surface area contributed by atoms with Gasteiger partial charge in [-0.1, -0.05) is 55.1 Å². The second kappa shape index (κ2) is 5.53. The van der Waals surface area contributed by atoms with E-state index in [1.807, 2.05) is 54.6 Å². The highest BCUT2D eigenvalue weighted by atomic mass is 16.6. The molecular formula is C19H16N2O3. The standard InChI is InChI=1S/C19H16N2O3/c1-13-15-9-5-6-10-16(15)21-17(22)11-20(18(13)21)19(23)24-12-14-7-3-2-4-8-14/h2-10,18H,1,11-12H2. The van der Waals surface area contributed by atoms with E-state index in [1.165, 1.54) is 4.90 Å². The molecule has 2 aliphatic heterocycles. The molecule has 1 fully saturated rings. The quantitative estimate of drug-likeness (QED) is 0.854. The molecule has 0 N–H and O–H groups in total. The first-order valence-corrected chi connectivity index (χ1v) is 7.74. The van der Waals surface area contributed by atoms with Crippen LogP contribution in [-0.2, 0) is 16.1 Å². The molecule has 24 heavy (non-hydrogen) atoms. The molecule has 2 amide bonds. The number of nitrogens with zero attached hydrogens (tertiary/aromatic N) is 2. The molecule has 2 aromatic carbocycles. The van der Waals surface area contributed by atoms with Crippen molar-refractivity contribution in [1.29, 1.82) is 0 Å². The van der Waals surface area contributed by atoms with Crippen molar-refractivity contribution in [2.75, 3.05) is 11.4 Å². The summed E-state index contributed by atoms with van der Waals surface area (Å²) in [6.45, 7) is 4.26. The lowest BCUT2D eigenvalue weighted by Gasteiger charge is -2.24. The number of carbonyl (C=O) groups excluding carboxylic acids is 2. The SMILES string of the molecule is C=C1c2ccccc2N2C(=O)CN(C(=O)OCc3ccccc3)C12. The Balaban J connectivity index is 1.54. The number of benzene rings is 2. The number of hydrogen-bond donors (Lipinski definition) is 0. The third-order valence-corrected chi connectivity index (χ3v) is 4.37. The van der Waals surface area contributed by atoms with Crippen LogP contribution in [0.2, 0.25) is 0 Å². The van der Waals surface area contributed by atoms with Gasteiger partial charge in [0, 0.05) is 5.56 Å². The number of carbonyl (C=O) groups is 2. The van der Waals surface area contributed by atoms with Gasteiger partial charge in [-0.25, -0.2) is 4.79 Å². The van der Waals surface area contributed by atoms with Crippen molar-refractivity contribution in [2.24, 2.45) is 0 Å². The maximum atomic E-state index is 12.5. The average molecular weight is 320 g/mol. The first-order chi connectivity index (χ1) is 11.7. The Labute approximate surface area is 139 Å². The minimum Gasteiger partial charge on any atom is -0.444 e. The number of anilines is 1. The number of ether oxygens (including phenoxy) is 1. The van der Waals surface area contributed by atoms with Gasteiger partial charge < -0.3 is 4.74 Å². The van der Waals surface area contributed by atoms with Gasteiger partial charge in [0.1, 0.15) is 19.3 Å². The van der Waals surface area contributed by atoms with Crippen LogP contribution in [0.3, 0.4) is 0 Å². The minimum atomic E-state index is -0.506. The number of hydrogen-bond acceptors (Lipinski definition) is 3. The third-order valence-electron chi connectivity index (χ3n) is 4.37. The number of para-hydroxylation sites is 1. The summed E-state index contributed by atoms with van der Waals surface area (Å²) in [4.78, 5) is 27.9. The molecule has 5 heteroatoms. The molecule has 1 atom stereocenters. The second-order valence-electron chi connectivity index (χ2n) is 5.85. The summed E-state index contributed by atoms with van der Waals surface area (Å²) in [5.41, 5.74) is 3.35. The highest BCUT2D eigenvalue weighted by Crippen LogP contribution is 2.43. The highest BCUT2D eigenvalue weighted by molar-refractivity contribution is 6.09. The third kappa shape index (κ3) is 2.17. The van der Waals surface area contributed by atoms with E-state index in [1.54, 1.807) is 4.90 Å². The highest BCUT2D eigenvalue weighted by Gasteiger charge is 2.48. The fraction of sp³-hybridized carbons (Fsp3) is 0.158. The lowest BCUT2D eigenvalue weighted by molar-refractivity contribution is -0.116. The summed E-state index contributed by atoms with van der Waals surface area (Å²) in [5.74, 6) is -0.122. The molecule has 0 saturated carbocycles. The van der Waals surface area contributed by atoms with Crippen molar-refractivity contribution in [3.8, 4) is 0 Å². The van der Waals surface area contributed by atoms with Gasteiger partial charge in [0.2, 0.25) is 5.91 Å². The Hall–Kier alpha value is -3.08. The largest absolute Gasteiger partial charge is 0.444 e. The fourth-order valence-electron chi connectivity index (χ4n) is 3.26. The lowest BCUT2D eigenvalue weighted by atomic mass is 10.1. The molecular weight excluding hydrogens is 304 g/mol. The molecule has 1 saturated heterocycles. The van der Waals surface area contributed by atoms with Crippen molar-refractivity contribution in [2.45, 2.75) is 12.8 Å². The van der Waals surface area contributed by atoms with Gasteiger partial charge in [-0.05, 0) is 17.2 Å². The van der Waals surface area contributed by atoms with Crippen LogP contribution < -0.4 is 4.90 Å². The molecule has 4 rings (SSSR count). The normalized spacial score (nSPS) is 18.6. The van der Waals surface area contributed by atoms with Crippen molar-refractivity contribution in [3.63, 3.8) is 0 Å². The van der Waals surface area contributed by atoms with Crippen LogP contribution in [-0.4, -0.2) is 29.6 Å². The van der Waals surface area contributed by atoms with Crippen LogP contribution in [0.5, 0.6) is 0 Å². The van der Waals surface area contributed by atoms with E-state index in [9.17, 15) is 9.59 Å². The lowest BCUT2D eigenvalue weighted by Crippen LogP contribution is -2.40. The van der Waals surface area contributed by atoms with E-state index in [2.05, 4.69) is 6.58 Å². The smallest absolute Gasteiger partial charge is 0.412 e. The molecule has 2 aliphatic rings. The van der Waals surface area contributed by atoms with E-state index < -0.39 is 12.3 Å². The van der Waals surface area contributed by atoms with E-state index in [0.29, 0.717) is 0 Å². The summed E-state index contributed by atoms with van der Waals surface area (Å²) in [7, 11) is 0. The van der Waals surface area contributed by atoms with Crippen LogP contribution in [0.1, 0.15) is 11.1 Å². The number of fused-ring (bicyclic) bond motifs is 3. The van der Waals surface area contributed by atoms with Crippen LogP contribution in [0, 0.1) is 0 Å². The Morgan fingerprint density at radius 1 is 1.12 bits per heavy atom. The fourth-order valence-corrected chi connectivity index (χ4v) is 3.26. The van der Waals surface area contributed by atoms with E-state index in [4.69, 9.17) is 4.74 Å². The van der Waals surface area contributed by atoms with Crippen LogP contribution in [0.4, 0.5) is 10.5 Å². The van der Waals surface area contributed by atoms with E-state index in [-0.39, 0.29) is 19.1 Å². The number of rotatable bonds is 2. The monoisotopic (exact) mass is 320 g/mol. The zero-order valence-electron chi connectivity index (χ0n) is 13.0. The molecule has 5 nitrogen and oxygen atoms in total. The Morgan fingerprint density at radius 3 is 2.62 bits per heavy atom. The molecule has 0 aliphatic carbocycles. The molecule has 2 heterocycles. The average Bonchev–Trinajstić information content (AvgIpc) is 3.11. The molecule has 0 radical (unpaired) electrons. The van der Waals surface area contributed by atoms with Gasteiger partial charge in [0.15, 0.2) is 0 Å². The second-order valence-corrected chi connectivity index (χ2v) is 5.85. The van der Waals surface area contributed by atoms with Crippen LogP contribution in [0.15, 0.2) is 61.2 Å². The van der Waals surface area contributed by atoms with Gasteiger partial charge in [-0.15, -0.1) is 0 Å². The zero-order valence-corrected chi connectivity index (χ0v) is 13.0. The predicted octanol–water partition coefficient (Wildman–Crippen LogP) is 3.02. The van der Waals surface area contributed by atoms with Crippen molar-refractivity contribution in [3.05, 3.63) is 72.3 Å². The summed E-state index contributed by atoms with van der Waals surface area (Å²) in [6, 6.07) is 17.0. The topological polar surface area (TPSA) is 49.9 Å². The Kier molecular flexibility index (Phi) is 3.34. The summed E-state index contributed by atoms with van der Waals surface area (Å²) >= 11 is 0. The number of amides is 2. The molecule has 1 unspecified atom stereocenters. The van der Waals surface area contributed by atoms with Crippen LogP contribution in [0.25, 0.3) is 5.57 Å². The maximum Gasteiger partial charge on any atom is 0.412 e. The first kappa shape index (κ1) is 14.5. The van der Waals surface area contributed by atoms with Gasteiger partial charge in [-0.3, -0.25) is 14.6 Å². The van der Waals surface area contributed by atoms with Crippen molar-refractivity contribution in [1.82, 2.24) is 4.90 Å².